The maximum atomic E-state index is 14.5. The first-order chi connectivity index (χ1) is 21.1. The Hall–Kier alpha value is -4.34. The number of likely N-dealkylation sites (N-methyl/N-ethyl adjacent to an activating group) is 1. The Balaban J connectivity index is 1.82. The number of carbonyl (C=O) groups excluding carboxylic acids is 2. The van der Waals surface area contributed by atoms with Crippen molar-refractivity contribution in [3.8, 4) is 5.75 Å². The van der Waals surface area contributed by atoms with Crippen LogP contribution in [-0.4, -0.2) is 51.4 Å². The van der Waals surface area contributed by atoms with Crippen LogP contribution in [0.3, 0.4) is 0 Å². The van der Waals surface area contributed by atoms with Gasteiger partial charge in [-0.2, -0.15) is 0 Å². The lowest BCUT2D eigenvalue weighted by Crippen LogP contribution is -2.53. The number of anilines is 1. The highest BCUT2D eigenvalue weighted by Crippen LogP contribution is 2.30. The lowest BCUT2D eigenvalue weighted by molar-refractivity contribution is -0.140. The van der Waals surface area contributed by atoms with E-state index in [1.54, 1.807) is 68.6 Å². The van der Waals surface area contributed by atoms with E-state index in [-0.39, 0.29) is 23.8 Å². The van der Waals surface area contributed by atoms with Crippen molar-refractivity contribution in [3.63, 3.8) is 0 Å². The summed E-state index contributed by atoms with van der Waals surface area (Å²) in [6, 6.07) is 28.5. The number of halogens is 1. The summed E-state index contributed by atoms with van der Waals surface area (Å²) in [6.07, 6.45) is 0.230. The molecule has 0 radical (unpaired) electrons. The average Bonchev–Trinajstić information content (AvgIpc) is 3.03. The van der Waals surface area contributed by atoms with Crippen molar-refractivity contribution in [3.05, 3.63) is 125 Å². The summed E-state index contributed by atoms with van der Waals surface area (Å²) in [5, 5.41) is 3.30. The van der Waals surface area contributed by atoms with Crippen molar-refractivity contribution in [2.75, 3.05) is 24.5 Å². The van der Waals surface area contributed by atoms with Crippen LogP contribution in [0, 0.1) is 6.92 Å². The standard InChI is InChI=1S/C34H36ClN3O5S/c1-4-36-34(40)32(22-26-12-7-5-8-13-26)37(23-27-14-11-15-29(21-27)43-3)33(39)24-38(31-19-18-28(35)20-25(31)2)44(41,42)30-16-9-6-10-17-30/h5-21,32H,4,22-24H2,1-3H3,(H,36,40)/t32-/m1/s1. The zero-order valence-corrected chi connectivity index (χ0v) is 26.5. The molecule has 0 saturated carbocycles. The van der Waals surface area contributed by atoms with Gasteiger partial charge < -0.3 is 15.0 Å². The van der Waals surface area contributed by atoms with E-state index >= 15 is 0 Å². The lowest BCUT2D eigenvalue weighted by atomic mass is 10.0. The Bertz CT molecular complexity index is 1680. The van der Waals surface area contributed by atoms with Crippen molar-refractivity contribution >= 4 is 39.1 Å². The maximum Gasteiger partial charge on any atom is 0.264 e. The van der Waals surface area contributed by atoms with Gasteiger partial charge in [-0.1, -0.05) is 72.3 Å². The molecule has 0 saturated heterocycles. The van der Waals surface area contributed by atoms with Crippen LogP contribution in [0.15, 0.2) is 108 Å². The number of methoxy groups -OCH3 is 1. The maximum absolute atomic E-state index is 14.5. The van der Waals surface area contributed by atoms with Crippen molar-refractivity contribution in [2.24, 2.45) is 0 Å². The molecule has 0 fully saturated rings. The van der Waals surface area contributed by atoms with Gasteiger partial charge in [0.15, 0.2) is 0 Å². The third-order valence-corrected chi connectivity index (χ3v) is 9.16. The molecule has 0 bridgehead atoms. The second-order valence-electron chi connectivity index (χ2n) is 10.2. The van der Waals surface area contributed by atoms with Crippen LogP contribution in [0.5, 0.6) is 5.75 Å². The van der Waals surface area contributed by atoms with Crippen LogP contribution >= 0.6 is 11.6 Å². The third kappa shape index (κ3) is 7.98. The number of nitrogens with one attached hydrogen (secondary N) is 1. The molecule has 4 rings (SSSR count). The van der Waals surface area contributed by atoms with Crippen molar-refractivity contribution in [1.82, 2.24) is 10.2 Å². The van der Waals surface area contributed by atoms with E-state index in [1.807, 2.05) is 43.3 Å². The monoisotopic (exact) mass is 633 g/mol. The summed E-state index contributed by atoms with van der Waals surface area (Å²) in [4.78, 5) is 29.5. The molecular weight excluding hydrogens is 598 g/mol. The molecule has 0 heterocycles. The SMILES string of the molecule is CCNC(=O)[C@@H](Cc1ccccc1)N(Cc1cccc(OC)c1)C(=O)CN(c1ccc(Cl)cc1C)S(=O)(=O)c1ccccc1. The summed E-state index contributed by atoms with van der Waals surface area (Å²) >= 11 is 6.21. The fourth-order valence-electron chi connectivity index (χ4n) is 4.95. The molecule has 8 nitrogen and oxygen atoms in total. The third-order valence-electron chi connectivity index (χ3n) is 7.15. The summed E-state index contributed by atoms with van der Waals surface area (Å²) in [5.74, 6) is -0.292. The van der Waals surface area contributed by atoms with Crippen LogP contribution in [0.2, 0.25) is 5.02 Å². The first-order valence-corrected chi connectivity index (χ1v) is 16.0. The molecule has 1 N–H and O–H groups in total. The number of hydrogen-bond acceptors (Lipinski definition) is 5. The number of amides is 2. The zero-order valence-electron chi connectivity index (χ0n) is 24.9. The van der Waals surface area contributed by atoms with Gasteiger partial charge in [0.25, 0.3) is 10.0 Å². The van der Waals surface area contributed by atoms with Gasteiger partial charge in [0.05, 0.1) is 17.7 Å². The van der Waals surface area contributed by atoms with Gasteiger partial charge in [-0.25, -0.2) is 8.42 Å². The first-order valence-electron chi connectivity index (χ1n) is 14.2. The molecule has 4 aromatic rings. The van der Waals surface area contributed by atoms with E-state index < -0.39 is 28.5 Å². The zero-order chi connectivity index (χ0) is 31.7. The van der Waals surface area contributed by atoms with Crippen molar-refractivity contribution < 1.29 is 22.7 Å². The summed E-state index contributed by atoms with van der Waals surface area (Å²) in [7, 11) is -2.64. The normalized spacial score (nSPS) is 11.8. The van der Waals surface area contributed by atoms with E-state index in [2.05, 4.69) is 5.32 Å². The number of sulfonamides is 1. The van der Waals surface area contributed by atoms with Crippen LogP contribution in [0.1, 0.15) is 23.6 Å². The van der Waals surface area contributed by atoms with Crippen LogP contribution in [0.4, 0.5) is 5.69 Å². The van der Waals surface area contributed by atoms with Gasteiger partial charge in [-0.3, -0.25) is 13.9 Å². The van der Waals surface area contributed by atoms with Gasteiger partial charge in [-0.05, 0) is 73.0 Å². The van der Waals surface area contributed by atoms with E-state index in [0.717, 1.165) is 15.4 Å². The molecule has 0 unspecified atom stereocenters. The van der Waals surface area contributed by atoms with E-state index in [9.17, 15) is 18.0 Å². The van der Waals surface area contributed by atoms with E-state index in [4.69, 9.17) is 16.3 Å². The largest absolute Gasteiger partial charge is 0.497 e. The summed E-state index contributed by atoms with van der Waals surface area (Å²) in [5.41, 5.74) is 2.47. The Morgan fingerprint density at radius 3 is 2.18 bits per heavy atom. The summed E-state index contributed by atoms with van der Waals surface area (Å²) < 4.78 is 34.7. The number of benzene rings is 4. The Labute approximate surface area is 264 Å². The number of carbonyl (C=O) groups is 2. The molecule has 0 aliphatic heterocycles. The molecule has 0 aliphatic rings. The number of hydrogen-bond donors (Lipinski definition) is 1. The fraction of sp³-hybridized carbons (Fsp3) is 0.235. The minimum absolute atomic E-state index is 0.0334. The molecule has 2 amide bonds. The van der Waals surface area contributed by atoms with Gasteiger partial charge in [-0.15, -0.1) is 0 Å². The highest BCUT2D eigenvalue weighted by atomic mass is 35.5. The first kappa shape index (κ1) is 32.6. The molecule has 0 aromatic heterocycles. The smallest absolute Gasteiger partial charge is 0.264 e. The van der Waals surface area contributed by atoms with Gasteiger partial charge >= 0.3 is 0 Å². The van der Waals surface area contributed by atoms with Gasteiger partial charge in [0.2, 0.25) is 11.8 Å². The Kier molecular flexibility index (Phi) is 11.0. The molecule has 0 aliphatic carbocycles. The highest BCUT2D eigenvalue weighted by Gasteiger charge is 2.35. The number of rotatable bonds is 13. The van der Waals surface area contributed by atoms with E-state index in [1.165, 1.54) is 17.0 Å². The van der Waals surface area contributed by atoms with Gasteiger partial charge in [0.1, 0.15) is 18.3 Å². The lowest BCUT2D eigenvalue weighted by Gasteiger charge is -2.34. The molecule has 0 spiro atoms. The minimum Gasteiger partial charge on any atom is -0.497 e. The molecule has 44 heavy (non-hydrogen) atoms. The summed E-state index contributed by atoms with van der Waals surface area (Å²) in [6.45, 7) is 3.41. The van der Waals surface area contributed by atoms with E-state index in [0.29, 0.717) is 28.6 Å². The Morgan fingerprint density at radius 2 is 1.55 bits per heavy atom. The predicted molar refractivity (Wildman–Crippen MR) is 173 cm³/mol. The van der Waals surface area contributed by atoms with Crippen LogP contribution in [0.25, 0.3) is 0 Å². The Morgan fingerprint density at radius 1 is 0.886 bits per heavy atom. The van der Waals surface area contributed by atoms with Crippen molar-refractivity contribution in [2.45, 2.75) is 37.8 Å². The number of aryl methyl sites for hydroxylation is 1. The highest BCUT2D eigenvalue weighted by molar-refractivity contribution is 7.92. The van der Waals surface area contributed by atoms with Crippen molar-refractivity contribution in [1.29, 1.82) is 0 Å². The fourth-order valence-corrected chi connectivity index (χ4v) is 6.67. The number of ether oxygens (including phenoxy) is 1. The molecular formula is C34H36ClN3O5S. The second-order valence-corrected chi connectivity index (χ2v) is 12.5. The van der Waals surface area contributed by atoms with Crippen LogP contribution in [-0.2, 0) is 32.6 Å². The number of nitrogens with zero attached hydrogens (tertiary/aromatic N) is 2. The quantitative estimate of drug-likeness (QED) is 0.206. The topological polar surface area (TPSA) is 96.0 Å². The molecule has 10 heteroatoms. The second kappa shape index (κ2) is 14.9. The minimum atomic E-state index is -4.19. The molecule has 230 valence electrons. The molecule has 4 aromatic carbocycles. The predicted octanol–water partition coefficient (Wildman–Crippen LogP) is 5.63. The molecule has 1 atom stereocenters. The van der Waals surface area contributed by atoms with Crippen LogP contribution < -0.4 is 14.4 Å². The van der Waals surface area contributed by atoms with Gasteiger partial charge in [0, 0.05) is 24.5 Å². The average molecular weight is 634 g/mol.